The van der Waals surface area contributed by atoms with Crippen LogP contribution in [0, 0.1) is 0 Å². The topological polar surface area (TPSA) is 35.2 Å². The van der Waals surface area contributed by atoms with Gasteiger partial charge in [0, 0.05) is 0 Å². The Labute approximate surface area is 97.1 Å². The first-order valence-corrected chi connectivity index (χ1v) is 5.93. The van der Waals surface area contributed by atoms with Crippen LogP contribution in [-0.4, -0.2) is 12.7 Å². The molecule has 0 fully saturated rings. The van der Waals surface area contributed by atoms with E-state index in [2.05, 4.69) is 24.3 Å². The molecule has 2 heteroatoms. The lowest BCUT2D eigenvalue weighted by atomic mass is 10.0. The third kappa shape index (κ3) is 3.19. The molecule has 2 N–H and O–H groups in total. The van der Waals surface area contributed by atoms with Crippen LogP contribution < -0.4 is 5.73 Å². The van der Waals surface area contributed by atoms with Crippen LogP contribution in [0.5, 0.6) is 0 Å². The number of nitrogens with two attached hydrogens (primary N) is 1. The monoisotopic (exact) mass is 217 g/mol. The van der Waals surface area contributed by atoms with Crippen molar-refractivity contribution < 1.29 is 4.74 Å². The predicted octanol–water partition coefficient (Wildman–Crippen LogP) is 2.81. The number of hydrogen-bond acceptors (Lipinski definition) is 2. The van der Waals surface area contributed by atoms with E-state index in [9.17, 15) is 0 Å². The maximum Gasteiger partial charge on any atom is 0.0663 e. The fraction of sp³-hybridized carbons (Fsp3) is 0.429. The predicted molar refractivity (Wildman–Crippen MR) is 66.1 cm³/mol. The smallest absolute Gasteiger partial charge is 0.0663 e. The molecule has 0 aliphatic heterocycles. The minimum atomic E-state index is -0.00731. The van der Waals surface area contributed by atoms with Crippen molar-refractivity contribution in [1.29, 1.82) is 0 Å². The van der Waals surface area contributed by atoms with Gasteiger partial charge < -0.3 is 10.5 Å². The van der Waals surface area contributed by atoms with Crippen LogP contribution in [0.1, 0.15) is 30.9 Å². The van der Waals surface area contributed by atoms with Crippen molar-refractivity contribution in [3.63, 3.8) is 0 Å². The van der Waals surface area contributed by atoms with E-state index in [1.54, 1.807) is 0 Å². The van der Waals surface area contributed by atoms with E-state index in [-0.39, 0.29) is 6.04 Å². The number of benzene rings is 1. The van der Waals surface area contributed by atoms with Gasteiger partial charge in [-0.3, -0.25) is 0 Å². The summed E-state index contributed by atoms with van der Waals surface area (Å²) in [5.74, 6) is 0. The average Bonchev–Trinajstić information content (AvgIpc) is 2.38. The van der Waals surface area contributed by atoms with Gasteiger partial charge in [0.1, 0.15) is 0 Å². The van der Waals surface area contributed by atoms with E-state index >= 15 is 0 Å². The summed E-state index contributed by atoms with van der Waals surface area (Å²) in [6, 6.07) is 10.1. The Bertz CT molecular complexity index is 334. The van der Waals surface area contributed by atoms with Crippen molar-refractivity contribution >= 4 is 0 Å². The second-order valence-corrected chi connectivity index (χ2v) is 4.26. The highest BCUT2D eigenvalue weighted by molar-refractivity contribution is 5.18. The quantitative estimate of drug-likeness (QED) is 0.787. The molecule has 0 spiro atoms. The van der Waals surface area contributed by atoms with Gasteiger partial charge in [-0.25, -0.2) is 0 Å². The summed E-state index contributed by atoms with van der Waals surface area (Å²) in [6.07, 6.45) is 8.06. The van der Waals surface area contributed by atoms with Crippen LogP contribution in [0.3, 0.4) is 0 Å². The van der Waals surface area contributed by atoms with Crippen molar-refractivity contribution in [3.8, 4) is 0 Å². The zero-order valence-corrected chi connectivity index (χ0v) is 9.51. The first kappa shape index (κ1) is 11.4. The second-order valence-electron chi connectivity index (χ2n) is 4.26. The van der Waals surface area contributed by atoms with Gasteiger partial charge in [-0.15, -0.1) is 0 Å². The van der Waals surface area contributed by atoms with E-state index in [1.807, 2.05) is 18.2 Å². The molecule has 0 saturated heterocycles. The minimum absolute atomic E-state index is 0.00731. The highest BCUT2D eigenvalue weighted by Gasteiger charge is 2.12. The van der Waals surface area contributed by atoms with Crippen molar-refractivity contribution in [2.75, 3.05) is 6.61 Å². The van der Waals surface area contributed by atoms with Crippen LogP contribution in [0.2, 0.25) is 0 Å². The lowest BCUT2D eigenvalue weighted by Gasteiger charge is -2.21. The second kappa shape index (κ2) is 5.83. The summed E-state index contributed by atoms with van der Waals surface area (Å²) >= 11 is 0. The number of ether oxygens (including phenoxy) is 1. The molecule has 2 atom stereocenters. The van der Waals surface area contributed by atoms with Crippen molar-refractivity contribution in [2.45, 2.75) is 31.4 Å². The average molecular weight is 217 g/mol. The molecular formula is C14H19NO. The van der Waals surface area contributed by atoms with Gasteiger partial charge in [0.05, 0.1) is 18.8 Å². The van der Waals surface area contributed by atoms with E-state index < -0.39 is 0 Å². The Kier molecular flexibility index (Phi) is 4.14. The fourth-order valence-electron chi connectivity index (χ4n) is 1.95. The van der Waals surface area contributed by atoms with E-state index in [0.29, 0.717) is 12.7 Å². The highest BCUT2D eigenvalue weighted by atomic mass is 16.5. The zero-order valence-electron chi connectivity index (χ0n) is 9.51. The van der Waals surface area contributed by atoms with Gasteiger partial charge >= 0.3 is 0 Å². The van der Waals surface area contributed by atoms with Gasteiger partial charge in [-0.05, 0) is 24.8 Å². The zero-order chi connectivity index (χ0) is 11.2. The molecule has 1 aromatic rings. The molecule has 86 valence electrons. The van der Waals surface area contributed by atoms with Gasteiger partial charge in [-0.1, -0.05) is 42.5 Å². The highest BCUT2D eigenvalue weighted by Crippen LogP contribution is 2.17. The molecule has 2 nitrogen and oxygen atoms in total. The molecule has 1 aliphatic carbocycles. The SMILES string of the molecule is N[C@H](COC1CC=CCC1)c1ccccc1. The van der Waals surface area contributed by atoms with Crippen molar-refractivity contribution in [1.82, 2.24) is 0 Å². The third-order valence-electron chi connectivity index (χ3n) is 2.96. The molecule has 0 aromatic heterocycles. The first-order chi connectivity index (χ1) is 7.86. The summed E-state index contributed by atoms with van der Waals surface area (Å²) in [5, 5.41) is 0. The standard InChI is InChI=1S/C14H19NO/c15-14(12-7-3-1-4-8-12)11-16-13-9-5-2-6-10-13/h1-5,7-8,13-14H,6,9-11,15H2/t13?,14-/m1/s1. The van der Waals surface area contributed by atoms with Crippen LogP contribution in [-0.2, 0) is 4.74 Å². The summed E-state index contributed by atoms with van der Waals surface area (Å²) in [4.78, 5) is 0. The summed E-state index contributed by atoms with van der Waals surface area (Å²) in [6.45, 7) is 0.614. The van der Waals surface area contributed by atoms with Crippen LogP contribution in [0.15, 0.2) is 42.5 Å². The van der Waals surface area contributed by atoms with E-state index in [4.69, 9.17) is 10.5 Å². The number of allylic oxidation sites excluding steroid dienone is 1. The van der Waals surface area contributed by atoms with Crippen LogP contribution in [0.4, 0.5) is 0 Å². The fourth-order valence-corrected chi connectivity index (χ4v) is 1.95. The number of hydrogen-bond donors (Lipinski definition) is 1. The Hall–Kier alpha value is -1.12. The Morgan fingerprint density at radius 2 is 2.06 bits per heavy atom. The molecular weight excluding hydrogens is 198 g/mol. The largest absolute Gasteiger partial charge is 0.376 e. The number of rotatable bonds is 4. The Balaban J connectivity index is 1.79. The van der Waals surface area contributed by atoms with Crippen molar-refractivity contribution in [2.24, 2.45) is 5.73 Å². The van der Waals surface area contributed by atoms with Crippen LogP contribution >= 0.6 is 0 Å². The summed E-state index contributed by atoms with van der Waals surface area (Å²) in [7, 11) is 0. The first-order valence-electron chi connectivity index (χ1n) is 5.93. The van der Waals surface area contributed by atoms with Gasteiger partial charge in [0.25, 0.3) is 0 Å². The lowest BCUT2D eigenvalue weighted by Crippen LogP contribution is -2.22. The molecule has 2 rings (SSSR count). The molecule has 0 radical (unpaired) electrons. The molecule has 0 heterocycles. The maximum atomic E-state index is 6.07. The van der Waals surface area contributed by atoms with E-state index in [1.165, 1.54) is 0 Å². The van der Waals surface area contributed by atoms with Crippen LogP contribution in [0.25, 0.3) is 0 Å². The van der Waals surface area contributed by atoms with Gasteiger partial charge in [0.15, 0.2) is 0 Å². The van der Waals surface area contributed by atoms with Crippen molar-refractivity contribution in [3.05, 3.63) is 48.0 Å². The van der Waals surface area contributed by atoms with Gasteiger partial charge in [-0.2, -0.15) is 0 Å². The lowest BCUT2D eigenvalue weighted by molar-refractivity contribution is 0.0387. The normalized spacial score (nSPS) is 21.9. The minimum Gasteiger partial charge on any atom is -0.376 e. The molecule has 16 heavy (non-hydrogen) atoms. The maximum absolute atomic E-state index is 6.07. The third-order valence-corrected chi connectivity index (χ3v) is 2.96. The van der Waals surface area contributed by atoms with E-state index in [0.717, 1.165) is 24.8 Å². The molecule has 1 aliphatic rings. The molecule has 1 unspecified atom stereocenters. The molecule has 1 aromatic carbocycles. The molecule has 0 amide bonds. The Morgan fingerprint density at radius 1 is 1.25 bits per heavy atom. The molecule has 0 saturated carbocycles. The summed E-state index contributed by atoms with van der Waals surface area (Å²) < 4.78 is 5.82. The van der Waals surface area contributed by atoms with Gasteiger partial charge in [0.2, 0.25) is 0 Å². The molecule has 0 bridgehead atoms. The Morgan fingerprint density at radius 3 is 2.75 bits per heavy atom. The summed E-state index contributed by atoms with van der Waals surface area (Å²) in [5.41, 5.74) is 7.22.